The Morgan fingerprint density at radius 1 is 0.556 bits per heavy atom. The molecule has 2 aromatic rings. The number of aliphatic hydroxyl groups is 2. The summed E-state index contributed by atoms with van der Waals surface area (Å²) in [6.07, 6.45) is -0.560. The van der Waals surface area contributed by atoms with Crippen LogP contribution in [0, 0.1) is 0 Å². The topological polar surface area (TPSA) is 156 Å². The van der Waals surface area contributed by atoms with Crippen molar-refractivity contribution in [3.8, 4) is 11.5 Å². The molecule has 0 saturated heterocycles. The number of hydrogen-bond acceptors (Lipinski definition) is 6. The zero-order valence-electron chi connectivity index (χ0n) is 30.2. The van der Waals surface area contributed by atoms with E-state index in [4.69, 9.17) is 10.2 Å². The molecule has 0 spiro atoms. The molecular weight excluding hydrogens is 572 g/mol. The third-order valence-electron chi connectivity index (χ3n) is 7.50. The second-order valence-electron chi connectivity index (χ2n) is 16.1. The van der Waals surface area contributed by atoms with Gasteiger partial charge in [-0.1, -0.05) is 107 Å². The summed E-state index contributed by atoms with van der Waals surface area (Å²) in [5.74, 6) is -2.31. The maximum absolute atomic E-state index is 11.2. The van der Waals surface area contributed by atoms with Crippen LogP contribution < -0.4 is 0 Å². The van der Waals surface area contributed by atoms with Crippen molar-refractivity contribution < 1.29 is 40.2 Å². The van der Waals surface area contributed by atoms with E-state index >= 15 is 0 Å². The van der Waals surface area contributed by atoms with E-state index in [0.717, 1.165) is 33.4 Å². The molecule has 0 saturated carbocycles. The average molecular weight is 633 g/mol. The molecule has 0 aliphatic carbocycles. The third-order valence-corrected chi connectivity index (χ3v) is 7.50. The van der Waals surface area contributed by atoms with E-state index in [1.54, 1.807) is 13.8 Å². The number of phenolic OH excluding ortho intramolecular Hbond substituents is 2. The maximum atomic E-state index is 11.2. The highest BCUT2D eigenvalue weighted by atomic mass is 16.4. The Hall–Kier alpha value is -3.10. The van der Waals surface area contributed by atoms with E-state index in [-0.39, 0.29) is 39.8 Å². The molecular formula is C37H60O8. The summed E-state index contributed by atoms with van der Waals surface area (Å²) in [5.41, 5.74) is 3.73. The molecule has 0 radical (unpaired) electrons. The van der Waals surface area contributed by atoms with Crippen molar-refractivity contribution in [3.63, 3.8) is 0 Å². The highest BCUT2D eigenvalue weighted by Gasteiger charge is 2.30. The van der Waals surface area contributed by atoms with Crippen molar-refractivity contribution in [1.82, 2.24) is 0 Å². The lowest BCUT2D eigenvalue weighted by atomic mass is 9.77. The van der Waals surface area contributed by atoms with Crippen LogP contribution in [0.25, 0.3) is 0 Å². The summed E-state index contributed by atoms with van der Waals surface area (Å²) in [6, 6.07) is 7.29. The first kappa shape index (κ1) is 41.9. The van der Waals surface area contributed by atoms with Crippen molar-refractivity contribution >= 4 is 11.9 Å². The second-order valence-corrected chi connectivity index (χ2v) is 16.1. The Balaban J connectivity index is 0.000000748. The largest absolute Gasteiger partial charge is 0.507 e. The summed E-state index contributed by atoms with van der Waals surface area (Å²) in [5, 5.41) is 55.6. The molecule has 0 aliphatic heterocycles. The maximum Gasteiger partial charge on any atom is 0.310 e. The van der Waals surface area contributed by atoms with E-state index in [1.165, 1.54) is 6.92 Å². The van der Waals surface area contributed by atoms with Gasteiger partial charge in [0.25, 0.3) is 0 Å². The molecule has 0 aromatic heterocycles. The fourth-order valence-electron chi connectivity index (χ4n) is 4.39. The highest BCUT2D eigenvalue weighted by Crippen LogP contribution is 2.42. The van der Waals surface area contributed by atoms with Crippen LogP contribution in [0.2, 0.25) is 0 Å². The van der Waals surface area contributed by atoms with Crippen molar-refractivity contribution in [2.24, 2.45) is 0 Å². The van der Waals surface area contributed by atoms with Crippen molar-refractivity contribution in [3.05, 3.63) is 57.6 Å². The molecule has 0 bridgehead atoms. The van der Waals surface area contributed by atoms with Crippen LogP contribution in [0.4, 0.5) is 0 Å². The van der Waals surface area contributed by atoms with Gasteiger partial charge in [-0.3, -0.25) is 9.59 Å². The van der Waals surface area contributed by atoms with Crippen LogP contribution in [0.1, 0.15) is 149 Å². The summed E-state index contributed by atoms with van der Waals surface area (Å²) in [4.78, 5) is 22.5. The Morgan fingerprint density at radius 2 is 0.733 bits per heavy atom. The van der Waals surface area contributed by atoms with Gasteiger partial charge < -0.3 is 30.6 Å². The number of hydrogen-bond donors (Lipinski definition) is 6. The first-order valence-corrected chi connectivity index (χ1v) is 15.5. The molecule has 2 aromatic carbocycles. The number of benzene rings is 2. The van der Waals surface area contributed by atoms with Crippen molar-refractivity contribution in [2.45, 2.75) is 143 Å². The fraction of sp³-hybridized carbons (Fsp3) is 0.622. The Kier molecular flexibility index (Phi) is 14.4. The molecule has 8 heteroatoms. The van der Waals surface area contributed by atoms with Crippen LogP contribution in [-0.2, 0) is 31.2 Å². The molecule has 0 amide bonds. The van der Waals surface area contributed by atoms with Gasteiger partial charge in [0, 0.05) is 0 Å². The summed E-state index contributed by atoms with van der Waals surface area (Å²) in [7, 11) is 0. The molecule has 8 nitrogen and oxygen atoms in total. The van der Waals surface area contributed by atoms with Gasteiger partial charge in [0.1, 0.15) is 11.5 Å². The zero-order valence-corrected chi connectivity index (χ0v) is 30.2. The Morgan fingerprint density at radius 3 is 0.844 bits per heavy atom. The van der Waals surface area contributed by atoms with Gasteiger partial charge in [0.2, 0.25) is 0 Å². The highest BCUT2D eigenvalue weighted by molar-refractivity contribution is 5.76. The van der Waals surface area contributed by atoms with E-state index in [2.05, 4.69) is 0 Å². The zero-order chi connectivity index (χ0) is 36.0. The van der Waals surface area contributed by atoms with Crippen LogP contribution in [0.5, 0.6) is 11.5 Å². The minimum Gasteiger partial charge on any atom is -0.507 e. The lowest BCUT2D eigenvalue weighted by Gasteiger charge is -2.28. The molecule has 3 unspecified atom stereocenters. The molecule has 2 rings (SSSR count). The number of aliphatic carboxylic acids is 2. The number of carboxylic acid groups (broad SMARTS) is 2. The monoisotopic (exact) mass is 632 g/mol. The minimum absolute atomic E-state index is 0.139. The summed E-state index contributed by atoms with van der Waals surface area (Å²) >= 11 is 0. The Bertz CT molecular complexity index is 1130. The SMILES string of the molecule is CC(C(=O)O)c1cc(C(C)(C)C)c(O)c(C(C)(C)C)c1.CC(C(=O)O)c1cc(C(C)(C)C)c(O)c(C(C)(C)C)c1.CC(O)CO. The van der Waals surface area contributed by atoms with Gasteiger partial charge in [-0.05, 0) is 75.8 Å². The summed E-state index contributed by atoms with van der Waals surface area (Å²) < 4.78 is 0. The standard InChI is InChI=1S/2C17H26O3.C3H8O2/c2*1-10(15(19)20)11-8-12(16(2,3)4)14(18)13(9-11)17(5,6)7;1-3(5)2-4/h2*8-10,18H,1-7H3,(H,19,20);3-5H,2H2,1H3. The molecule has 3 atom stereocenters. The van der Waals surface area contributed by atoms with Crippen molar-refractivity contribution in [2.75, 3.05) is 6.61 Å². The molecule has 45 heavy (non-hydrogen) atoms. The Labute approximate surface area is 271 Å². The first-order valence-electron chi connectivity index (χ1n) is 15.5. The fourth-order valence-corrected chi connectivity index (χ4v) is 4.39. The summed E-state index contributed by atoms with van der Waals surface area (Å²) in [6.45, 7) is 28.9. The van der Waals surface area contributed by atoms with Gasteiger partial charge in [0.05, 0.1) is 24.5 Å². The van der Waals surface area contributed by atoms with Gasteiger partial charge >= 0.3 is 11.9 Å². The second kappa shape index (κ2) is 15.5. The predicted octanol–water partition coefficient (Wildman–Crippen LogP) is 7.71. The van der Waals surface area contributed by atoms with E-state index in [9.17, 15) is 30.0 Å². The van der Waals surface area contributed by atoms with Gasteiger partial charge in [0.15, 0.2) is 0 Å². The average Bonchev–Trinajstić information content (AvgIpc) is 2.85. The number of aromatic hydroxyl groups is 2. The predicted molar refractivity (Wildman–Crippen MR) is 182 cm³/mol. The first-order chi connectivity index (χ1) is 20.0. The molecule has 0 aliphatic rings. The molecule has 0 heterocycles. The van der Waals surface area contributed by atoms with Crippen molar-refractivity contribution in [1.29, 1.82) is 0 Å². The minimum atomic E-state index is -0.851. The number of phenols is 2. The lowest BCUT2D eigenvalue weighted by molar-refractivity contribution is -0.139. The van der Waals surface area contributed by atoms with E-state index in [0.29, 0.717) is 0 Å². The lowest BCUT2D eigenvalue weighted by Crippen LogP contribution is -2.19. The van der Waals surface area contributed by atoms with Crippen LogP contribution in [0.3, 0.4) is 0 Å². The van der Waals surface area contributed by atoms with Gasteiger partial charge in [-0.25, -0.2) is 0 Å². The number of aliphatic hydroxyl groups excluding tert-OH is 2. The molecule has 6 N–H and O–H groups in total. The smallest absolute Gasteiger partial charge is 0.310 e. The van der Waals surface area contributed by atoms with E-state index in [1.807, 2.05) is 107 Å². The molecule has 0 fully saturated rings. The van der Waals surface area contributed by atoms with Crippen LogP contribution in [-0.4, -0.2) is 55.3 Å². The van der Waals surface area contributed by atoms with Gasteiger partial charge in [-0.2, -0.15) is 0 Å². The number of carboxylic acids is 2. The van der Waals surface area contributed by atoms with E-state index < -0.39 is 29.9 Å². The quantitative estimate of drug-likeness (QED) is 0.196. The van der Waals surface area contributed by atoms with Crippen LogP contribution in [0.15, 0.2) is 24.3 Å². The van der Waals surface area contributed by atoms with Crippen LogP contribution >= 0.6 is 0 Å². The normalized spacial score (nSPS) is 14.2. The number of rotatable bonds is 5. The molecule has 256 valence electrons. The number of carbonyl (C=O) groups is 2. The van der Waals surface area contributed by atoms with Gasteiger partial charge in [-0.15, -0.1) is 0 Å². The third kappa shape index (κ3) is 12.3.